The molecule has 1 aromatic carbocycles. The summed E-state index contributed by atoms with van der Waals surface area (Å²) < 4.78 is 0. The predicted octanol–water partition coefficient (Wildman–Crippen LogP) is 3.99. The van der Waals surface area contributed by atoms with Gasteiger partial charge in [-0.15, -0.1) is 0 Å². The number of benzene rings is 1. The Morgan fingerprint density at radius 1 is 1.13 bits per heavy atom. The summed E-state index contributed by atoms with van der Waals surface area (Å²) in [6.07, 6.45) is 6.93. The smallest absolute Gasteiger partial charge is 0.287 e. The first-order valence-electron chi connectivity index (χ1n) is 10.4. The van der Waals surface area contributed by atoms with Gasteiger partial charge in [0.1, 0.15) is 12.0 Å². The van der Waals surface area contributed by atoms with Crippen LogP contribution in [0.15, 0.2) is 42.6 Å². The van der Waals surface area contributed by atoms with Gasteiger partial charge in [0.15, 0.2) is 0 Å². The Hall–Kier alpha value is -2.67. The van der Waals surface area contributed by atoms with E-state index in [0.717, 1.165) is 49.9 Å². The van der Waals surface area contributed by atoms with Crippen molar-refractivity contribution < 1.29 is 9.72 Å². The standard InChI is InChI=1S/C22H23ClN4O3/c23-15-3-1-14(2-4-15)22(9-10-22)21(28)25-16-11-17-5-6-18(12-16)26(17)20-8-7-19(13-24-20)27(29)30/h1-4,7-8,13,16-18H,5-6,9-12H2,(H,25,28)/t16?,17-,18+. The molecule has 1 aliphatic carbocycles. The summed E-state index contributed by atoms with van der Waals surface area (Å²) in [6, 6.07) is 11.6. The molecule has 30 heavy (non-hydrogen) atoms. The van der Waals surface area contributed by atoms with Crippen LogP contribution in [0.4, 0.5) is 11.5 Å². The van der Waals surface area contributed by atoms with E-state index in [4.69, 9.17) is 11.6 Å². The van der Waals surface area contributed by atoms with Crippen molar-refractivity contribution in [2.75, 3.05) is 4.90 Å². The van der Waals surface area contributed by atoms with Crippen molar-refractivity contribution in [1.29, 1.82) is 0 Å². The highest BCUT2D eigenvalue weighted by Gasteiger charge is 2.52. The topological polar surface area (TPSA) is 88.4 Å². The Bertz CT molecular complexity index is 961. The molecule has 3 heterocycles. The van der Waals surface area contributed by atoms with Gasteiger partial charge in [-0.25, -0.2) is 4.98 Å². The van der Waals surface area contributed by atoms with Crippen LogP contribution in [0.2, 0.25) is 5.02 Å². The molecule has 156 valence electrons. The van der Waals surface area contributed by atoms with Gasteiger partial charge in [-0.05, 0) is 62.3 Å². The normalized spacial score (nSPS) is 26.3. The fraction of sp³-hybridized carbons (Fsp3) is 0.455. The highest BCUT2D eigenvalue weighted by Crippen LogP contribution is 2.49. The van der Waals surface area contributed by atoms with E-state index in [1.807, 2.05) is 24.3 Å². The number of fused-ring (bicyclic) bond motifs is 2. The molecule has 2 aliphatic heterocycles. The number of halogens is 1. The molecule has 2 saturated heterocycles. The highest BCUT2D eigenvalue weighted by atomic mass is 35.5. The molecule has 1 aromatic heterocycles. The minimum Gasteiger partial charge on any atom is -0.352 e. The lowest BCUT2D eigenvalue weighted by Crippen LogP contribution is -2.52. The molecule has 3 atom stereocenters. The number of aromatic nitrogens is 1. The van der Waals surface area contributed by atoms with E-state index in [9.17, 15) is 14.9 Å². The second-order valence-corrected chi connectivity index (χ2v) is 9.09. The summed E-state index contributed by atoms with van der Waals surface area (Å²) in [5.74, 6) is 0.911. The molecule has 3 fully saturated rings. The number of carbonyl (C=O) groups excluding carboxylic acids is 1. The molecular formula is C22H23ClN4O3. The quantitative estimate of drug-likeness (QED) is 0.576. The first kappa shape index (κ1) is 19.3. The van der Waals surface area contributed by atoms with Crippen LogP contribution in [0.5, 0.6) is 0 Å². The largest absolute Gasteiger partial charge is 0.352 e. The summed E-state index contributed by atoms with van der Waals surface area (Å²) in [5.41, 5.74) is 0.644. The number of pyridine rings is 1. The maximum absolute atomic E-state index is 13.1. The van der Waals surface area contributed by atoms with Crippen molar-refractivity contribution in [1.82, 2.24) is 10.3 Å². The molecule has 8 heteroatoms. The summed E-state index contributed by atoms with van der Waals surface area (Å²) in [4.78, 5) is 30.2. The molecule has 3 aliphatic rings. The first-order valence-corrected chi connectivity index (χ1v) is 10.8. The van der Waals surface area contributed by atoms with E-state index in [0.29, 0.717) is 17.1 Å². The van der Waals surface area contributed by atoms with Gasteiger partial charge in [0.2, 0.25) is 5.91 Å². The second-order valence-electron chi connectivity index (χ2n) is 8.65. The maximum Gasteiger partial charge on any atom is 0.287 e. The van der Waals surface area contributed by atoms with Crippen LogP contribution < -0.4 is 10.2 Å². The fourth-order valence-electron chi connectivity index (χ4n) is 5.17. The average molecular weight is 427 g/mol. The molecule has 1 unspecified atom stereocenters. The zero-order chi connectivity index (χ0) is 20.9. The molecule has 1 N–H and O–H groups in total. The number of rotatable bonds is 5. The molecule has 7 nitrogen and oxygen atoms in total. The number of piperidine rings is 1. The SMILES string of the molecule is O=C(NC1C[C@H]2CC[C@@H](C1)N2c1ccc([N+](=O)[O-])cn1)C1(c2ccc(Cl)cc2)CC1. The van der Waals surface area contributed by atoms with Gasteiger partial charge < -0.3 is 10.2 Å². The van der Waals surface area contributed by atoms with Crippen LogP contribution in [-0.2, 0) is 10.2 Å². The number of hydrogen-bond donors (Lipinski definition) is 1. The third-order valence-electron chi connectivity index (χ3n) is 6.86. The lowest BCUT2D eigenvalue weighted by molar-refractivity contribution is -0.385. The summed E-state index contributed by atoms with van der Waals surface area (Å²) >= 11 is 6.00. The van der Waals surface area contributed by atoms with Gasteiger partial charge in [0.05, 0.1) is 10.3 Å². The third-order valence-corrected chi connectivity index (χ3v) is 7.11. The molecule has 0 radical (unpaired) electrons. The minimum absolute atomic E-state index is 0.00479. The van der Waals surface area contributed by atoms with Crippen LogP contribution in [0.3, 0.4) is 0 Å². The van der Waals surface area contributed by atoms with Crippen molar-refractivity contribution in [2.45, 2.75) is 62.1 Å². The third kappa shape index (κ3) is 3.31. The minimum atomic E-state index is -0.429. The molecular weight excluding hydrogens is 404 g/mol. The van der Waals surface area contributed by atoms with E-state index < -0.39 is 10.3 Å². The summed E-state index contributed by atoms with van der Waals surface area (Å²) in [5, 5.41) is 14.9. The Morgan fingerprint density at radius 3 is 2.33 bits per heavy atom. The van der Waals surface area contributed by atoms with Crippen LogP contribution in [-0.4, -0.2) is 33.9 Å². The lowest BCUT2D eigenvalue weighted by Gasteiger charge is -2.40. The van der Waals surface area contributed by atoms with Crippen molar-refractivity contribution in [3.63, 3.8) is 0 Å². The fourth-order valence-corrected chi connectivity index (χ4v) is 5.30. The van der Waals surface area contributed by atoms with Gasteiger partial charge >= 0.3 is 0 Å². The van der Waals surface area contributed by atoms with Gasteiger partial charge in [-0.2, -0.15) is 0 Å². The Morgan fingerprint density at radius 2 is 1.80 bits per heavy atom. The molecule has 1 saturated carbocycles. The lowest BCUT2D eigenvalue weighted by atomic mass is 9.92. The molecule has 0 spiro atoms. The Kier molecular flexibility index (Phi) is 4.65. The first-order chi connectivity index (χ1) is 14.5. The number of amides is 1. The molecule has 2 aromatic rings. The molecule has 1 amide bonds. The maximum atomic E-state index is 13.1. The van der Waals surface area contributed by atoms with E-state index in [1.54, 1.807) is 6.07 Å². The average Bonchev–Trinajstić information content (AvgIpc) is 3.50. The number of carbonyl (C=O) groups is 1. The summed E-state index contributed by atoms with van der Waals surface area (Å²) in [6.45, 7) is 0. The van der Waals surface area contributed by atoms with Gasteiger partial charge in [-0.1, -0.05) is 23.7 Å². The predicted molar refractivity (Wildman–Crippen MR) is 114 cm³/mol. The number of anilines is 1. The van der Waals surface area contributed by atoms with Crippen molar-refractivity contribution in [2.24, 2.45) is 0 Å². The number of nitro groups is 1. The van der Waals surface area contributed by atoms with Crippen molar-refractivity contribution in [3.05, 3.63) is 63.3 Å². The van der Waals surface area contributed by atoms with Crippen molar-refractivity contribution >= 4 is 29.0 Å². The van der Waals surface area contributed by atoms with Crippen LogP contribution in [0, 0.1) is 10.1 Å². The van der Waals surface area contributed by atoms with Crippen LogP contribution in [0.1, 0.15) is 44.1 Å². The van der Waals surface area contributed by atoms with Crippen molar-refractivity contribution in [3.8, 4) is 0 Å². The molecule has 2 bridgehead atoms. The summed E-state index contributed by atoms with van der Waals surface area (Å²) in [7, 11) is 0. The van der Waals surface area contributed by atoms with Gasteiger partial charge in [0, 0.05) is 29.2 Å². The van der Waals surface area contributed by atoms with E-state index in [-0.39, 0.29) is 17.6 Å². The monoisotopic (exact) mass is 426 g/mol. The van der Waals surface area contributed by atoms with E-state index in [2.05, 4.69) is 15.2 Å². The number of nitrogens with one attached hydrogen (secondary N) is 1. The van der Waals surface area contributed by atoms with Gasteiger partial charge in [0.25, 0.3) is 5.69 Å². The highest BCUT2D eigenvalue weighted by molar-refractivity contribution is 6.30. The van der Waals surface area contributed by atoms with E-state index >= 15 is 0 Å². The molecule has 5 rings (SSSR count). The van der Waals surface area contributed by atoms with E-state index in [1.165, 1.54) is 12.3 Å². The van der Waals surface area contributed by atoms with Crippen LogP contribution >= 0.6 is 11.6 Å². The zero-order valence-corrected chi connectivity index (χ0v) is 17.2. The zero-order valence-electron chi connectivity index (χ0n) is 16.5. The second kappa shape index (κ2) is 7.23. The van der Waals surface area contributed by atoms with Crippen LogP contribution in [0.25, 0.3) is 0 Å². The number of hydrogen-bond acceptors (Lipinski definition) is 5. The Balaban J connectivity index is 1.26. The Labute approximate surface area is 179 Å². The van der Waals surface area contributed by atoms with Gasteiger partial charge in [-0.3, -0.25) is 14.9 Å². The number of nitrogens with zero attached hydrogens (tertiary/aromatic N) is 3.